The van der Waals surface area contributed by atoms with Gasteiger partial charge >= 0.3 is 47.5 Å². The molecule has 3 rings (SSSR count). The van der Waals surface area contributed by atoms with Crippen LogP contribution in [0.25, 0.3) is 0 Å². The van der Waals surface area contributed by atoms with E-state index in [-0.39, 0.29) is 86.8 Å². The average molecular weight is 661 g/mol. The summed E-state index contributed by atoms with van der Waals surface area (Å²) in [5.41, 5.74) is 0. The molecule has 3 aliphatic rings. The van der Waals surface area contributed by atoms with Gasteiger partial charge in [-0.3, -0.25) is 14.4 Å². The number of esters is 3. The van der Waals surface area contributed by atoms with Crippen LogP contribution in [0.15, 0.2) is 0 Å². The Morgan fingerprint density at radius 3 is 1.49 bits per heavy atom. The zero-order chi connectivity index (χ0) is 33.6. The molecule has 3 heterocycles. The number of aliphatic hydroxyl groups is 4. The van der Waals surface area contributed by atoms with Gasteiger partial charge in [0.15, 0.2) is 0 Å². The minimum Gasteiger partial charge on any atom is -1.00 e. The standard InChI is InChI=1S/C12H22O3.C11H20O4.C8H14O6.Na.H/c1-5-11-7-15-12(9(11)3)8(2)6-14-10(4)13;1-7(5-14-9(3)13)11-8(2)10(4-12)6-15-11;1-4(9)13-3-6(11)8-7(12)5(10)2-14-8;;/h8-9,11-12H,5-7H2,1-4H3;7-8,10-12H,4-6H2,1-3H3;5-8,10-12H,2-3H2,1H3;;/q;;;+1;-1/t8?,9-,11+,12?;7?,8-,10+,11?;;;/m00.../s1. The van der Waals surface area contributed by atoms with E-state index in [1.165, 1.54) is 20.8 Å². The Labute approximate surface area is 291 Å². The molecule has 45 heavy (non-hydrogen) atoms. The molecule has 0 saturated carbocycles. The SMILES string of the molecule is CC(=O)OCC(C)C1OC[C@@H](CO)[C@@H]1C.CC(=O)OCC(O)C1OCC(O)C1O.CC[C@@H]1COC(C(C)COC(C)=O)[C@H]1C.[H-].[Na+]. The summed E-state index contributed by atoms with van der Waals surface area (Å²) in [5.74, 6) is 1.26. The Hall–Kier alpha value is -0.870. The Bertz CT molecular complexity index is 822. The van der Waals surface area contributed by atoms with Crippen LogP contribution in [0.1, 0.15) is 63.2 Å². The van der Waals surface area contributed by atoms with Crippen molar-refractivity contribution in [2.24, 2.45) is 35.5 Å². The van der Waals surface area contributed by atoms with Crippen LogP contribution in [0.4, 0.5) is 0 Å². The number of hydrogen-bond donors (Lipinski definition) is 4. The molecule has 260 valence electrons. The Kier molecular flexibility index (Phi) is 22.2. The first-order valence-corrected chi connectivity index (χ1v) is 15.5. The fourth-order valence-electron chi connectivity index (χ4n) is 5.64. The molecule has 0 amide bonds. The van der Waals surface area contributed by atoms with Gasteiger partial charge in [0.1, 0.15) is 31.0 Å². The van der Waals surface area contributed by atoms with Crippen LogP contribution in [0.5, 0.6) is 0 Å². The monoisotopic (exact) mass is 660 g/mol. The summed E-state index contributed by atoms with van der Waals surface area (Å²) in [6.07, 6.45) is -2.66. The van der Waals surface area contributed by atoms with Crippen LogP contribution < -0.4 is 29.6 Å². The van der Waals surface area contributed by atoms with Crippen molar-refractivity contribution in [1.29, 1.82) is 0 Å². The van der Waals surface area contributed by atoms with Crippen LogP contribution in [-0.2, 0) is 42.8 Å². The predicted octanol–water partition coefficient (Wildman–Crippen LogP) is -1.78. The zero-order valence-corrected chi connectivity index (χ0v) is 30.5. The molecular formula is C31H57NaO13. The molecule has 4 N–H and O–H groups in total. The van der Waals surface area contributed by atoms with E-state index in [2.05, 4.69) is 32.4 Å². The number of aliphatic hydroxyl groups excluding tert-OH is 4. The minimum absolute atomic E-state index is 0. The van der Waals surface area contributed by atoms with Crippen molar-refractivity contribution >= 4 is 17.9 Å². The van der Waals surface area contributed by atoms with E-state index in [1.807, 2.05) is 6.92 Å². The predicted molar refractivity (Wildman–Crippen MR) is 159 cm³/mol. The van der Waals surface area contributed by atoms with Gasteiger partial charge in [0, 0.05) is 45.1 Å². The molecule has 0 radical (unpaired) electrons. The van der Waals surface area contributed by atoms with Crippen molar-refractivity contribution in [3.63, 3.8) is 0 Å². The van der Waals surface area contributed by atoms with Crippen molar-refractivity contribution < 1.29 is 94.2 Å². The summed E-state index contributed by atoms with van der Waals surface area (Å²) < 4.78 is 30.8. The van der Waals surface area contributed by atoms with Crippen LogP contribution >= 0.6 is 0 Å². The summed E-state index contributed by atoms with van der Waals surface area (Å²) in [6, 6.07) is 0. The average Bonchev–Trinajstić information content (AvgIpc) is 3.65. The van der Waals surface area contributed by atoms with Gasteiger partial charge in [-0.1, -0.05) is 41.0 Å². The van der Waals surface area contributed by atoms with E-state index in [4.69, 9.17) is 33.9 Å². The summed E-state index contributed by atoms with van der Waals surface area (Å²) >= 11 is 0. The molecule has 13 nitrogen and oxygen atoms in total. The van der Waals surface area contributed by atoms with Crippen molar-refractivity contribution in [2.45, 2.75) is 98.4 Å². The molecular weight excluding hydrogens is 603 g/mol. The molecule has 0 aromatic heterocycles. The maximum Gasteiger partial charge on any atom is 1.00 e. The van der Waals surface area contributed by atoms with Crippen LogP contribution in [0.3, 0.4) is 0 Å². The Balaban J connectivity index is 0. The summed E-state index contributed by atoms with van der Waals surface area (Å²) in [6.45, 7) is 16.9. The van der Waals surface area contributed by atoms with Gasteiger partial charge < -0.3 is 50.3 Å². The van der Waals surface area contributed by atoms with Gasteiger partial charge in [-0.25, -0.2) is 0 Å². The Morgan fingerprint density at radius 1 is 0.756 bits per heavy atom. The molecule has 8 unspecified atom stereocenters. The molecule has 3 aliphatic heterocycles. The van der Waals surface area contributed by atoms with E-state index in [0.29, 0.717) is 43.5 Å². The van der Waals surface area contributed by atoms with Crippen molar-refractivity contribution in [2.75, 3.05) is 46.2 Å². The van der Waals surface area contributed by atoms with Gasteiger partial charge in [0.25, 0.3) is 0 Å². The third kappa shape index (κ3) is 15.3. The van der Waals surface area contributed by atoms with Crippen molar-refractivity contribution in [3.05, 3.63) is 0 Å². The minimum atomic E-state index is -1.14. The summed E-state index contributed by atoms with van der Waals surface area (Å²) in [4.78, 5) is 31.8. The molecule has 0 aromatic rings. The maximum absolute atomic E-state index is 10.7. The molecule has 3 saturated heterocycles. The van der Waals surface area contributed by atoms with Crippen molar-refractivity contribution in [3.8, 4) is 0 Å². The number of carbonyl (C=O) groups excluding carboxylic acids is 3. The van der Waals surface area contributed by atoms with Gasteiger partial charge in [-0.2, -0.15) is 0 Å². The molecule has 0 spiro atoms. The first-order valence-electron chi connectivity index (χ1n) is 15.5. The van der Waals surface area contributed by atoms with Crippen LogP contribution in [-0.4, -0.2) is 121 Å². The second-order valence-corrected chi connectivity index (χ2v) is 12.2. The molecule has 0 bridgehead atoms. The third-order valence-corrected chi connectivity index (χ3v) is 8.54. The Morgan fingerprint density at radius 2 is 1.16 bits per heavy atom. The van der Waals surface area contributed by atoms with E-state index in [0.717, 1.165) is 13.0 Å². The topological polar surface area (TPSA) is 188 Å². The third-order valence-electron chi connectivity index (χ3n) is 8.54. The zero-order valence-electron chi connectivity index (χ0n) is 29.5. The smallest absolute Gasteiger partial charge is 1.00 e. The first-order chi connectivity index (χ1) is 20.6. The number of ether oxygens (including phenoxy) is 6. The second kappa shape index (κ2) is 22.7. The van der Waals surface area contributed by atoms with Gasteiger partial charge in [0.2, 0.25) is 0 Å². The van der Waals surface area contributed by atoms with E-state index < -0.39 is 30.4 Å². The van der Waals surface area contributed by atoms with E-state index in [9.17, 15) is 24.6 Å². The number of hydrogen-bond acceptors (Lipinski definition) is 13. The molecule has 14 heteroatoms. The largest absolute Gasteiger partial charge is 1.00 e. The van der Waals surface area contributed by atoms with Crippen LogP contribution in [0.2, 0.25) is 0 Å². The number of carbonyl (C=O) groups is 3. The summed E-state index contributed by atoms with van der Waals surface area (Å²) in [5, 5.41) is 36.9. The molecule has 0 aromatic carbocycles. The van der Waals surface area contributed by atoms with Gasteiger partial charge in [0.05, 0.1) is 45.2 Å². The molecule has 3 fully saturated rings. The van der Waals surface area contributed by atoms with Crippen LogP contribution in [0, 0.1) is 35.5 Å². The van der Waals surface area contributed by atoms with E-state index in [1.54, 1.807) is 0 Å². The van der Waals surface area contributed by atoms with Crippen molar-refractivity contribution in [1.82, 2.24) is 0 Å². The van der Waals surface area contributed by atoms with E-state index >= 15 is 0 Å². The molecule has 0 aliphatic carbocycles. The molecule has 12 atom stereocenters. The second-order valence-electron chi connectivity index (χ2n) is 12.2. The fraction of sp³-hybridized carbons (Fsp3) is 0.903. The normalized spacial score (nSPS) is 32.4. The fourth-order valence-corrected chi connectivity index (χ4v) is 5.64. The van der Waals surface area contributed by atoms with Gasteiger partial charge in [-0.05, 0) is 17.8 Å². The maximum atomic E-state index is 10.7. The number of rotatable bonds is 11. The first kappa shape index (κ1) is 44.1. The quantitative estimate of drug-likeness (QED) is 0.111. The van der Waals surface area contributed by atoms with Gasteiger partial charge in [-0.15, -0.1) is 0 Å². The summed E-state index contributed by atoms with van der Waals surface area (Å²) in [7, 11) is 0.